The molecule has 0 saturated carbocycles. The quantitative estimate of drug-likeness (QED) is 0.873. The van der Waals surface area contributed by atoms with Crippen molar-refractivity contribution in [3.8, 4) is 0 Å². The van der Waals surface area contributed by atoms with E-state index in [1.165, 1.54) is 5.56 Å². The Morgan fingerprint density at radius 2 is 2.00 bits per heavy atom. The van der Waals surface area contributed by atoms with Crippen molar-refractivity contribution in [2.24, 2.45) is 0 Å². The van der Waals surface area contributed by atoms with Gasteiger partial charge in [0.15, 0.2) is 0 Å². The summed E-state index contributed by atoms with van der Waals surface area (Å²) in [5, 5.41) is 7.41. The molecule has 1 spiro atoms. The van der Waals surface area contributed by atoms with Gasteiger partial charge in [0, 0.05) is 31.7 Å². The standard InChI is InChI=1S/C21H26N2O2S/c24-20(18-4-2-1-3-5-18)22-14-19-6-8-21(25-19)9-11-23(12-10-21)15-17-7-13-26-16-17/h1-5,7,13,16,19H,6,8-12,14-15H2,(H,22,24). The van der Waals surface area contributed by atoms with Gasteiger partial charge in [0.2, 0.25) is 0 Å². The fraction of sp³-hybridized carbons (Fsp3) is 0.476. The van der Waals surface area contributed by atoms with E-state index in [1.54, 1.807) is 11.3 Å². The highest BCUT2D eigenvalue weighted by atomic mass is 32.1. The molecule has 2 aliphatic rings. The smallest absolute Gasteiger partial charge is 0.251 e. The summed E-state index contributed by atoms with van der Waals surface area (Å²) in [5.74, 6) is -0.0132. The highest BCUT2D eigenvalue weighted by Crippen LogP contribution is 2.39. The molecule has 5 heteroatoms. The van der Waals surface area contributed by atoms with Crippen LogP contribution in [0.5, 0.6) is 0 Å². The second-order valence-corrected chi connectivity index (χ2v) is 8.23. The molecule has 0 radical (unpaired) electrons. The van der Waals surface area contributed by atoms with Crippen LogP contribution in [0.1, 0.15) is 41.6 Å². The molecule has 1 unspecified atom stereocenters. The van der Waals surface area contributed by atoms with Crippen LogP contribution < -0.4 is 5.32 Å². The summed E-state index contributed by atoms with van der Waals surface area (Å²) in [6, 6.07) is 11.6. The fourth-order valence-electron chi connectivity index (χ4n) is 4.06. The number of amides is 1. The minimum atomic E-state index is -0.0132. The number of carbonyl (C=O) groups is 1. The Morgan fingerprint density at radius 3 is 2.73 bits per heavy atom. The van der Waals surface area contributed by atoms with Gasteiger partial charge in [0.05, 0.1) is 11.7 Å². The van der Waals surface area contributed by atoms with Crippen molar-refractivity contribution in [1.29, 1.82) is 0 Å². The lowest BCUT2D eigenvalue weighted by molar-refractivity contribution is -0.0764. The molecule has 1 aromatic carbocycles. The molecule has 2 aromatic rings. The van der Waals surface area contributed by atoms with Crippen LogP contribution in [0, 0.1) is 0 Å². The Morgan fingerprint density at radius 1 is 1.19 bits per heavy atom. The highest BCUT2D eigenvalue weighted by Gasteiger charge is 2.42. The van der Waals surface area contributed by atoms with E-state index >= 15 is 0 Å². The second-order valence-electron chi connectivity index (χ2n) is 7.45. The molecule has 3 heterocycles. The van der Waals surface area contributed by atoms with Crippen LogP contribution in [0.3, 0.4) is 0 Å². The minimum Gasteiger partial charge on any atom is -0.370 e. The molecule has 0 aliphatic carbocycles. The SMILES string of the molecule is O=C(NCC1CCC2(CCN(Cc3ccsc3)CC2)O1)c1ccccc1. The first-order valence-electron chi connectivity index (χ1n) is 9.47. The van der Waals surface area contributed by atoms with Gasteiger partial charge < -0.3 is 10.1 Å². The molecule has 26 heavy (non-hydrogen) atoms. The summed E-state index contributed by atoms with van der Waals surface area (Å²) in [6.07, 6.45) is 4.50. The maximum atomic E-state index is 12.2. The second kappa shape index (κ2) is 7.91. The number of benzene rings is 1. The first-order valence-corrected chi connectivity index (χ1v) is 10.4. The zero-order chi connectivity index (χ0) is 17.8. The Bertz CT molecular complexity index is 709. The van der Waals surface area contributed by atoms with E-state index in [1.807, 2.05) is 30.3 Å². The van der Waals surface area contributed by atoms with Crippen LogP contribution >= 0.6 is 11.3 Å². The number of likely N-dealkylation sites (tertiary alicyclic amines) is 1. The molecule has 1 atom stereocenters. The summed E-state index contributed by atoms with van der Waals surface area (Å²) in [5.41, 5.74) is 2.16. The normalized spacial score (nSPS) is 22.5. The lowest BCUT2D eigenvalue weighted by atomic mass is 9.88. The maximum absolute atomic E-state index is 12.2. The summed E-state index contributed by atoms with van der Waals surface area (Å²) < 4.78 is 6.42. The first kappa shape index (κ1) is 17.7. The number of rotatable bonds is 5. The molecular formula is C21H26N2O2S. The molecule has 4 nitrogen and oxygen atoms in total. The molecule has 1 N–H and O–H groups in total. The van der Waals surface area contributed by atoms with E-state index in [9.17, 15) is 4.79 Å². The molecule has 138 valence electrons. The molecule has 2 saturated heterocycles. The number of hydrogen-bond donors (Lipinski definition) is 1. The number of hydrogen-bond acceptors (Lipinski definition) is 4. The van der Waals surface area contributed by atoms with Crippen molar-refractivity contribution in [3.05, 3.63) is 58.3 Å². The van der Waals surface area contributed by atoms with E-state index in [2.05, 4.69) is 27.0 Å². The lowest BCUT2D eigenvalue weighted by Gasteiger charge is -2.39. The highest BCUT2D eigenvalue weighted by molar-refractivity contribution is 7.07. The van der Waals surface area contributed by atoms with Gasteiger partial charge in [-0.1, -0.05) is 18.2 Å². The molecule has 4 rings (SSSR count). The molecule has 1 amide bonds. The Hall–Kier alpha value is -1.69. The Kier molecular flexibility index (Phi) is 5.38. The van der Waals surface area contributed by atoms with E-state index in [4.69, 9.17) is 4.74 Å². The largest absolute Gasteiger partial charge is 0.370 e. The van der Waals surface area contributed by atoms with Crippen molar-refractivity contribution in [2.75, 3.05) is 19.6 Å². The predicted octanol–water partition coefficient (Wildman–Crippen LogP) is 3.69. The zero-order valence-electron chi connectivity index (χ0n) is 15.0. The van der Waals surface area contributed by atoms with Crippen molar-refractivity contribution >= 4 is 17.2 Å². The van der Waals surface area contributed by atoms with Crippen LogP contribution in [-0.4, -0.2) is 42.1 Å². The van der Waals surface area contributed by atoms with Gasteiger partial charge >= 0.3 is 0 Å². The van der Waals surface area contributed by atoms with Gasteiger partial charge in [-0.15, -0.1) is 0 Å². The average Bonchev–Trinajstić information content (AvgIpc) is 3.33. The van der Waals surface area contributed by atoms with Gasteiger partial charge in [-0.25, -0.2) is 0 Å². The Balaban J connectivity index is 1.23. The summed E-state index contributed by atoms with van der Waals surface area (Å²) in [6.45, 7) is 3.85. The van der Waals surface area contributed by atoms with Crippen LogP contribution in [0.2, 0.25) is 0 Å². The van der Waals surface area contributed by atoms with Gasteiger partial charge in [-0.2, -0.15) is 11.3 Å². The van der Waals surface area contributed by atoms with E-state index in [0.717, 1.165) is 45.3 Å². The molecule has 1 aromatic heterocycles. The first-order chi connectivity index (χ1) is 12.7. The van der Waals surface area contributed by atoms with Gasteiger partial charge in [0.1, 0.15) is 0 Å². The number of ether oxygens (including phenoxy) is 1. The summed E-state index contributed by atoms with van der Waals surface area (Å²) in [7, 11) is 0. The van der Waals surface area contributed by atoms with Crippen LogP contribution in [0.25, 0.3) is 0 Å². The third-order valence-corrected chi connectivity index (χ3v) is 6.35. The third kappa shape index (κ3) is 4.17. The number of piperidine rings is 1. The summed E-state index contributed by atoms with van der Waals surface area (Å²) in [4.78, 5) is 14.7. The lowest BCUT2D eigenvalue weighted by Crippen LogP contribution is -2.44. The minimum absolute atomic E-state index is 0.0132. The summed E-state index contributed by atoms with van der Waals surface area (Å²) >= 11 is 1.77. The molecule has 2 fully saturated rings. The molecule has 0 bridgehead atoms. The van der Waals surface area contributed by atoms with Crippen molar-refractivity contribution in [3.63, 3.8) is 0 Å². The topological polar surface area (TPSA) is 41.6 Å². The Labute approximate surface area is 159 Å². The average molecular weight is 371 g/mol. The zero-order valence-corrected chi connectivity index (χ0v) is 15.8. The predicted molar refractivity (Wildman–Crippen MR) is 104 cm³/mol. The third-order valence-electron chi connectivity index (χ3n) is 5.62. The number of thiophene rings is 1. The van der Waals surface area contributed by atoms with Crippen LogP contribution in [-0.2, 0) is 11.3 Å². The maximum Gasteiger partial charge on any atom is 0.251 e. The number of carbonyl (C=O) groups excluding carboxylic acids is 1. The molecular weight excluding hydrogens is 344 g/mol. The van der Waals surface area contributed by atoms with Crippen molar-refractivity contribution in [2.45, 2.75) is 43.9 Å². The van der Waals surface area contributed by atoms with E-state index in [-0.39, 0.29) is 17.6 Å². The monoisotopic (exact) mass is 370 g/mol. The number of nitrogens with zero attached hydrogens (tertiary/aromatic N) is 1. The van der Waals surface area contributed by atoms with Crippen LogP contribution in [0.15, 0.2) is 47.2 Å². The molecule has 2 aliphatic heterocycles. The van der Waals surface area contributed by atoms with Gasteiger partial charge in [-0.05, 0) is 60.2 Å². The number of nitrogens with one attached hydrogen (secondary N) is 1. The van der Waals surface area contributed by atoms with Gasteiger partial charge in [0.25, 0.3) is 5.91 Å². The fourth-order valence-corrected chi connectivity index (χ4v) is 4.72. The van der Waals surface area contributed by atoms with E-state index in [0.29, 0.717) is 12.1 Å². The van der Waals surface area contributed by atoms with Gasteiger partial charge in [-0.3, -0.25) is 9.69 Å². The van der Waals surface area contributed by atoms with Crippen LogP contribution in [0.4, 0.5) is 0 Å². The van der Waals surface area contributed by atoms with Crippen molar-refractivity contribution in [1.82, 2.24) is 10.2 Å². The van der Waals surface area contributed by atoms with E-state index < -0.39 is 0 Å². The van der Waals surface area contributed by atoms with Crippen molar-refractivity contribution < 1.29 is 9.53 Å².